The van der Waals surface area contributed by atoms with E-state index in [1.54, 1.807) is 0 Å². The number of aliphatic hydroxyl groups is 1. The summed E-state index contributed by atoms with van der Waals surface area (Å²) in [6.45, 7) is 9.41. The largest absolute Gasteiger partial charge is 0.391 e. The van der Waals surface area contributed by atoms with Crippen LogP contribution in [0.15, 0.2) is 54.1 Å². The predicted molar refractivity (Wildman–Crippen MR) is 107 cm³/mol. The number of hydrogen-bond donors (Lipinski definition) is 2. The van der Waals surface area contributed by atoms with Crippen LogP contribution in [0.4, 0.5) is 5.69 Å². The molecule has 0 saturated carbocycles. The molecule has 2 N–H and O–H groups in total. The number of likely N-dealkylation sites (tertiary alicyclic amines) is 1. The molecule has 1 saturated heterocycles. The fraction of sp³-hybridized carbons (Fsp3) is 0.381. The lowest BCUT2D eigenvalue weighted by molar-refractivity contribution is 0.188. The Balaban J connectivity index is 2.14. The molecule has 1 fully saturated rings. The van der Waals surface area contributed by atoms with Crippen LogP contribution < -0.4 is 4.90 Å². The van der Waals surface area contributed by atoms with Crippen molar-refractivity contribution in [1.29, 1.82) is 5.41 Å². The lowest BCUT2D eigenvalue weighted by Gasteiger charge is -2.21. The maximum atomic E-state index is 9.71. The standard InChI is InChI=1S/C21H29N3O/c1-6-20(21(22)24-12-11-19(25)14-24)16(3)13-15(2)17-7-9-18(10-8-17)23(4)5/h6-10,13,19,22,25H,2,11-12,14H2,1,3-5H3/b16-13+,20-6+,22-21?/t19-/m1/s1. The topological polar surface area (TPSA) is 50.6 Å². The summed E-state index contributed by atoms with van der Waals surface area (Å²) in [5, 5.41) is 18.2. The minimum atomic E-state index is -0.326. The minimum Gasteiger partial charge on any atom is -0.391 e. The van der Waals surface area contributed by atoms with Crippen LogP contribution in [0, 0.1) is 5.41 Å². The van der Waals surface area contributed by atoms with E-state index in [2.05, 4.69) is 35.7 Å². The third kappa shape index (κ3) is 4.60. The Morgan fingerprint density at radius 2 is 1.96 bits per heavy atom. The zero-order chi connectivity index (χ0) is 18.6. The Morgan fingerprint density at radius 3 is 2.44 bits per heavy atom. The molecule has 0 radical (unpaired) electrons. The monoisotopic (exact) mass is 339 g/mol. The smallest absolute Gasteiger partial charge is 0.128 e. The van der Waals surface area contributed by atoms with Crippen molar-refractivity contribution >= 4 is 17.1 Å². The summed E-state index contributed by atoms with van der Waals surface area (Å²) in [5.41, 5.74) is 5.05. The molecule has 1 aromatic rings. The summed E-state index contributed by atoms with van der Waals surface area (Å²) >= 11 is 0. The first-order valence-electron chi connectivity index (χ1n) is 8.67. The van der Waals surface area contributed by atoms with Crippen molar-refractivity contribution in [1.82, 2.24) is 4.90 Å². The molecule has 4 nitrogen and oxygen atoms in total. The van der Waals surface area contributed by atoms with Crippen molar-refractivity contribution in [3.05, 3.63) is 59.7 Å². The first-order valence-corrected chi connectivity index (χ1v) is 8.67. The van der Waals surface area contributed by atoms with Gasteiger partial charge in [-0.1, -0.05) is 30.9 Å². The fourth-order valence-corrected chi connectivity index (χ4v) is 3.06. The molecule has 134 valence electrons. The van der Waals surface area contributed by atoms with Crippen LogP contribution in [-0.2, 0) is 0 Å². The van der Waals surface area contributed by atoms with Gasteiger partial charge < -0.3 is 14.9 Å². The summed E-state index contributed by atoms with van der Waals surface area (Å²) in [6.07, 6.45) is 4.39. The van der Waals surface area contributed by atoms with E-state index in [1.165, 1.54) is 0 Å². The van der Waals surface area contributed by atoms with Gasteiger partial charge in [0.25, 0.3) is 0 Å². The van der Waals surface area contributed by atoms with Crippen LogP contribution in [0.3, 0.4) is 0 Å². The highest BCUT2D eigenvalue weighted by molar-refractivity contribution is 6.00. The van der Waals surface area contributed by atoms with Crippen molar-refractivity contribution in [2.24, 2.45) is 0 Å². The van der Waals surface area contributed by atoms with Gasteiger partial charge in [0.2, 0.25) is 0 Å². The molecular weight excluding hydrogens is 310 g/mol. The van der Waals surface area contributed by atoms with E-state index in [0.717, 1.165) is 40.9 Å². The average molecular weight is 339 g/mol. The van der Waals surface area contributed by atoms with Crippen LogP contribution in [0.2, 0.25) is 0 Å². The molecule has 0 amide bonds. The maximum absolute atomic E-state index is 9.71. The van der Waals surface area contributed by atoms with Gasteiger partial charge in [0.15, 0.2) is 0 Å². The average Bonchev–Trinajstić information content (AvgIpc) is 3.02. The normalized spacial score (nSPS) is 18.4. The number of anilines is 1. The van der Waals surface area contributed by atoms with Gasteiger partial charge in [-0.15, -0.1) is 0 Å². The summed E-state index contributed by atoms with van der Waals surface area (Å²) in [6, 6.07) is 8.29. The van der Waals surface area contributed by atoms with E-state index in [4.69, 9.17) is 5.41 Å². The van der Waals surface area contributed by atoms with Crippen molar-refractivity contribution < 1.29 is 5.11 Å². The summed E-state index contributed by atoms with van der Waals surface area (Å²) in [5.74, 6) is 0.476. The molecule has 2 rings (SSSR count). The molecule has 0 aromatic heterocycles. The van der Waals surface area contributed by atoms with E-state index >= 15 is 0 Å². The Morgan fingerprint density at radius 1 is 1.32 bits per heavy atom. The molecule has 1 heterocycles. The van der Waals surface area contributed by atoms with Crippen LogP contribution in [-0.4, -0.2) is 49.1 Å². The Labute approximate surface area is 151 Å². The quantitative estimate of drug-likeness (QED) is 0.488. The maximum Gasteiger partial charge on any atom is 0.128 e. The van der Waals surface area contributed by atoms with Gasteiger partial charge in [-0.2, -0.15) is 0 Å². The number of nitrogens with zero attached hydrogens (tertiary/aromatic N) is 2. The highest BCUT2D eigenvalue weighted by atomic mass is 16.3. The molecule has 4 heteroatoms. The highest BCUT2D eigenvalue weighted by Gasteiger charge is 2.24. The highest BCUT2D eigenvalue weighted by Crippen LogP contribution is 2.23. The number of benzene rings is 1. The number of hydrogen-bond acceptors (Lipinski definition) is 3. The molecule has 1 aromatic carbocycles. The number of aliphatic hydroxyl groups excluding tert-OH is 1. The molecule has 1 aliphatic heterocycles. The zero-order valence-electron chi connectivity index (χ0n) is 15.7. The van der Waals surface area contributed by atoms with Gasteiger partial charge in [0.05, 0.1) is 6.10 Å². The van der Waals surface area contributed by atoms with Crippen molar-refractivity contribution in [2.45, 2.75) is 26.4 Å². The van der Waals surface area contributed by atoms with Gasteiger partial charge in [-0.05, 0) is 49.1 Å². The van der Waals surface area contributed by atoms with Gasteiger partial charge in [0, 0.05) is 38.4 Å². The number of allylic oxidation sites excluding steroid dienone is 3. The van der Waals surface area contributed by atoms with Gasteiger partial charge >= 0.3 is 0 Å². The lowest BCUT2D eigenvalue weighted by atomic mass is 9.99. The van der Waals surface area contributed by atoms with Crippen LogP contribution in [0.25, 0.3) is 5.57 Å². The van der Waals surface area contributed by atoms with E-state index in [-0.39, 0.29) is 6.10 Å². The lowest BCUT2D eigenvalue weighted by Crippen LogP contribution is -2.30. The number of β-amino-alcohol motifs (C(OH)–C–C–N with tert-alkyl or cyclic N) is 1. The fourth-order valence-electron chi connectivity index (χ4n) is 3.06. The van der Waals surface area contributed by atoms with E-state index in [1.807, 2.05) is 45.0 Å². The first kappa shape index (κ1) is 19.0. The molecule has 0 unspecified atom stereocenters. The van der Waals surface area contributed by atoms with Gasteiger partial charge in [-0.3, -0.25) is 5.41 Å². The van der Waals surface area contributed by atoms with Gasteiger partial charge in [0.1, 0.15) is 5.84 Å². The van der Waals surface area contributed by atoms with Crippen molar-refractivity contribution in [2.75, 3.05) is 32.1 Å². The summed E-state index contributed by atoms with van der Waals surface area (Å²) < 4.78 is 0. The number of amidine groups is 1. The Hall–Kier alpha value is -2.33. The zero-order valence-corrected chi connectivity index (χ0v) is 15.7. The second-order valence-corrected chi connectivity index (χ2v) is 6.73. The molecule has 1 aliphatic rings. The molecule has 0 bridgehead atoms. The van der Waals surface area contributed by atoms with Crippen molar-refractivity contribution in [3.63, 3.8) is 0 Å². The minimum absolute atomic E-state index is 0.326. The van der Waals surface area contributed by atoms with E-state index in [0.29, 0.717) is 12.4 Å². The Kier molecular flexibility index (Phi) is 6.21. The molecule has 25 heavy (non-hydrogen) atoms. The Bertz CT molecular complexity index is 698. The molecular formula is C21H29N3O. The SMILES string of the molecule is C=C(/C=C(C)/C(=C\C)C(=N)N1CC[C@@H](O)C1)c1ccc(N(C)C)cc1. The first-order chi connectivity index (χ1) is 11.8. The summed E-state index contributed by atoms with van der Waals surface area (Å²) in [4.78, 5) is 4.00. The molecule has 1 atom stereocenters. The molecule has 0 aliphatic carbocycles. The molecule has 0 spiro atoms. The van der Waals surface area contributed by atoms with Crippen molar-refractivity contribution in [3.8, 4) is 0 Å². The van der Waals surface area contributed by atoms with E-state index < -0.39 is 0 Å². The third-order valence-corrected chi connectivity index (χ3v) is 4.59. The number of rotatable bonds is 5. The predicted octanol–water partition coefficient (Wildman–Crippen LogP) is 3.70. The summed E-state index contributed by atoms with van der Waals surface area (Å²) in [7, 11) is 4.04. The van der Waals surface area contributed by atoms with Crippen LogP contribution in [0.1, 0.15) is 25.8 Å². The second-order valence-electron chi connectivity index (χ2n) is 6.73. The van der Waals surface area contributed by atoms with Crippen LogP contribution in [0.5, 0.6) is 0 Å². The third-order valence-electron chi connectivity index (χ3n) is 4.59. The van der Waals surface area contributed by atoms with Crippen LogP contribution >= 0.6 is 0 Å². The number of nitrogens with one attached hydrogen (secondary N) is 1. The van der Waals surface area contributed by atoms with E-state index in [9.17, 15) is 5.11 Å². The van der Waals surface area contributed by atoms with Gasteiger partial charge in [-0.25, -0.2) is 0 Å². The second kappa shape index (κ2) is 8.17.